The smallest absolute Gasteiger partial charge is 0.161 e. The van der Waals surface area contributed by atoms with Gasteiger partial charge in [-0.15, -0.1) is 0 Å². The molecule has 3 heteroatoms. The fourth-order valence-electron chi connectivity index (χ4n) is 2.60. The zero-order valence-corrected chi connectivity index (χ0v) is 12.9. The van der Waals surface area contributed by atoms with Crippen molar-refractivity contribution < 1.29 is 0 Å². The van der Waals surface area contributed by atoms with Crippen LogP contribution in [0.3, 0.4) is 0 Å². The second-order valence-corrected chi connectivity index (χ2v) is 5.74. The highest BCUT2D eigenvalue weighted by molar-refractivity contribution is 5.58. The third-order valence-corrected chi connectivity index (χ3v) is 3.86. The lowest BCUT2D eigenvalue weighted by Gasteiger charge is -2.09. The normalized spacial score (nSPS) is 14.2. The standard InChI is InChI=1S/C18H23N3/c1-3-5-16-12-17(19-4-2)21-18(20-16)15-10-8-14(9-11-15)13-6-7-13/h8-13H,3-7H2,1-2H3,(H,19,20,21). The average molecular weight is 281 g/mol. The van der Waals surface area contributed by atoms with Gasteiger partial charge in [0.1, 0.15) is 5.82 Å². The van der Waals surface area contributed by atoms with Gasteiger partial charge in [-0.1, -0.05) is 37.6 Å². The number of hydrogen-bond acceptors (Lipinski definition) is 3. The third kappa shape index (κ3) is 3.41. The maximum absolute atomic E-state index is 4.71. The van der Waals surface area contributed by atoms with Crippen LogP contribution in [0, 0.1) is 0 Å². The summed E-state index contributed by atoms with van der Waals surface area (Å²) < 4.78 is 0. The molecule has 0 atom stereocenters. The first-order valence-electron chi connectivity index (χ1n) is 8.02. The van der Waals surface area contributed by atoms with Gasteiger partial charge in [0.15, 0.2) is 5.82 Å². The van der Waals surface area contributed by atoms with E-state index in [4.69, 9.17) is 4.98 Å². The molecule has 1 saturated carbocycles. The molecule has 0 saturated heterocycles. The van der Waals surface area contributed by atoms with Crippen molar-refractivity contribution in [2.75, 3.05) is 11.9 Å². The quantitative estimate of drug-likeness (QED) is 0.852. The van der Waals surface area contributed by atoms with E-state index in [0.29, 0.717) is 0 Å². The van der Waals surface area contributed by atoms with Gasteiger partial charge in [-0.05, 0) is 37.7 Å². The van der Waals surface area contributed by atoms with Gasteiger partial charge >= 0.3 is 0 Å². The number of aryl methyl sites for hydroxylation is 1. The Labute approximate surface area is 126 Å². The minimum absolute atomic E-state index is 0.795. The molecule has 1 aromatic heterocycles. The monoisotopic (exact) mass is 281 g/mol. The van der Waals surface area contributed by atoms with E-state index in [9.17, 15) is 0 Å². The van der Waals surface area contributed by atoms with Gasteiger partial charge in [0.25, 0.3) is 0 Å². The van der Waals surface area contributed by atoms with Crippen LogP contribution in [0.2, 0.25) is 0 Å². The SMILES string of the molecule is CCCc1cc(NCC)nc(-c2ccc(C3CC3)cc2)n1. The molecule has 3 nitrogen and oxygen atoms in total. The Balaban J connectivity index is 1.91. The van der Waals surface area contributed by atoms with Crippen molar-refractivity contribution in [3.05, 3.63) is 41.6 Å². The maximum Gasteiger partial charge on any atom is 0.161 e. The topological polar surface area (TPSA) is 37.8 Å². The zero-order valence-electron chi connectivity index (χ0n) is 12.9. The molecule has 1 aromatic carbocycles. The van der Waals surface area contributed by atoms with Crippen molar-refractivity contribution >= 4 is 5.82 Å². The maximum atomic E-state index is 4.71. The van der Waals surface area contributed by atoms with Crippen LogP contribution in [-0.2, 0) is 6.42 Å². The second-order valence-electron chi connectivity index (χ2n) is 5.74. The van der Waals surface area contributed by atoms with E-state index < -0.39 is 0 Å². The van der Waals surface area contributed by atoms with Crippen molar-refractivity contribution in [2.45, 2.75) is 45.4 Å². The summed E-state index contributed by atoms with van der Waals surface area (Å²) in [7, 11) is 0. The van der Waals surface area contributed by atoms with E-state index >= 15 is 0 Å². The molecule has 1 heterocycles. The number of benzene rings is 1. The van der Waals surface area contributed by atoms with Gasteiger partial charge in [-0.3, -0.25) is 0 Å². The molecule has 1 fully saturated rings. The molecule has 110 valence electrons. The van der Waals surface area contributed by atoms with Crippen LogP contribution in [0.25, 0.3) is 11.4 Å². The lowest BCUT2D eigenvalue weighted by atomic mass is 10.1. The second kappa shape index (κ2) is 6.25. The van der Waals surface area contributed by atoms with Crippen LogP contribution >= 0.6 is 0 Å². The molecule has 21 heavy (non-hydrogen) atoms. The Morgan fingerprint density at radius 3 is 2.48 bits per heavy atom. The lowest BCUT2D eigenvalue weighted by molar-refractivity contribution is 0.875. The average Bonchev–Trinajstić information content (AvgIpc) is 3.33. The van der Waals surface area contributed by atoms with Crippen LogP contribution in [0.5, 0.6) is 0 Å². The van der Waals surface area contributed by atoms with E-state index in [1.165, 1.54) is 18.4 Å². The predicted octanol–water partition coefficient (Wildman–Crippen LogP) is 4.41. The van der Waals surface area contributed by atoms with E-state index in [1.807, 2.05) is 0 Å². The molecule has 0 radical (unpaired) electrons. The largest absolute Gasteiger partial charge is 0.370 e. The molecule has 0 unspecified atom stereocenters. The predicted molar refractivity (Wildman–Crippen MR) is 87.6 cm³/mol. The number of rotatable bonds is 6. The summed E-state index contributed by atoms with van der Waals surface area (Å²) in [5, 5.41) is 3.30. The van der Waals surface area contributed by atoms with Crippen molar-refractivity contribution in [1.82, 2.24) is 9.97 Å². The van der Waals surface area contributed by atoms with Gasteiger partial charge in [0, 0.05) is 23.9 Å². The number of hydrogen-bond donors (Lipinski definition) is 1. The summed E-state index contributed by atoms with van der Waals surface area (Å²) >= 11 is 0. The minimum atomic E-state index is 0.795. The summed E-state index contributed by atoms with van der Waals surface area (Å²) in [6.07, 6.45) is 4.77. The minimum Gasteiger partial charge on any atom is -0.370 e. The highest BCUT2D eigenvalue weighted by Crippen LogP contribution is 2.40. The molecule has 1 N–H and O–H groups in total. The van der Waals surface area contributed by atoms with E-state index in [-0.39, 0.29) is 0 Å². The number of anilines is 1. The highest BCUT2D eigenvalue weighted by Gasteiger charge is 2.23. The molecule has 2 aromatic rings. The van der Waals surface area contributed by atoms with Gasteiger partial charge < -0.3 is 5.32 Å². The Morgan fingerprint density at radius 1 is 1.10 bits per heavy atom. The Kier molecular flexibility index (Phi) is 4.18. The molecule has 3 rings (SSSR count). The summed E-state index contributed by atoms with van der Waals surface area (Å²) in [4.78, 5) is 9.36. The Bertz CT molecular complexity index is 576. The fraction of sp³-hybridized carbons (Fsp3) is 0.444. The molecular formula is C18H23N3. The van der Waals surface area contributed by atoms with Crippen molar-refractivity contribution in [2.24, 2.45) is 0 Å². The zero-order chi connectivity index (χ0) is 14.7. The molecule has 1 aliphatic rings. The molecule has 0 amide bonds. The highest BCUT2D eigenvalue weighted by atomic mass is 15.0. The summed E-state index contributed by atoms with van der Waals surface area (Å²) in [6.45, 7) is 5.15. The van der Waals surface area contributed by atoms with Crippen LogP contribution < -0.4 is 5.32 Å². The molecule has 1 aliphatic carbocycles. The van der Waals surface area contributed by atoms with Crippen LogP contribution in [0.15, 0.2) is 30.3 Å². The van der Waals surface area contributed by atoms with Gasteiger partial charge in [0.2, 0.25) is 0 Å². The molecule has 0 aliphatic heterocycles. The molecule has 0 spiro atoms. The number of aromatic nitrogens is 2. The van der Waals surface area contributed by atoms with Gasteiger partial charge in [0.05, 0.1) is 0 Å². The third-order valence-electron chi connectivity index (χ3n) is 3.86. The number of nitrogens with zero attached hydrogens (tertiary/aromatic N) is 2. The van der Waals surface area contributed by atoms with E-state index in [1.54, 1.807) is 0 Å². The lowest BCUT2D eigenvalue weighted by Crippen LogP contribution is -2.04. The van der Waals surface area contributed by atoms with E-state index in [2.05, 4.69) is 54.5 Å². The van der Waals surface area contributed by atoms with Crippen LogP contribution in [-0.4, -0.2) is 16.5 Å². The first-order valence-corrected chi connectivity index (χ1v) is 8.02. The summed E-state index contributed by atoms with van der Waals surface area (Å²) in [6, 6.07) is 10.9. The Hall–Kier alpha value is -1.90. The van der Waals surface area contributed by atoms with E-state index in [0.717, 1.165) is 48.2 Å². The van der Waals surface area contributed by atoms with Crippen molar-refractivity contribution in [1.29, 1.82) is 0 Å². The first kappa shape index (κ1) is 14.1. The summed E-state index contributed by atoms with van der Waals surface area (Å²) in [5.41, 5.74) is 3.68. The van der Waals surface area contributed by atoms with Crippen molar-refractivity contribution in [3.8, 4) is 11.4 Å². The van der Waals surface area contributed by atoms with Gasteiger partial charge in [-0.25, -0.2) is 9.97 Å². The molecule has 0 bridgehead atoms. The molecular weight excluding hydrogens is 258 g/mol. The first-order chi connectivity index (χ1) is 10.3. The van der Waals surface area contributed by atoms with Crippen LogP contribution in [0.4, 0.5) is 5.82 Å². The van der Waals surface area contributed by atoms with Crippen molar-refractivity contribution in [3.63, 3.8) is 0 Å². The van der Waals surface area contributed by atoms with Crippen LogP contribution in [0.1, 0.15) is 50.3 Å². The van der Waals surface area contributed by atoms with Gasteiger partial charge in [-0.2, -0.15) is 0 Å². The fourth-order valence-corrected chi connectivity index (χ4v) is 2.60. The number of nitrogens with one attached hydrogen (secondary N) is 1. The Morgan fingerprint density at radius 2 is 1.86 bits per heavy atom. The summed E-state index contributed by atoms with van der Waals surface area (Å²) in [5.74, 6) is 2.56.